The van der Waals surface area contributed by atoms with E-state index in [4.69, 9.17) is 29.8 Å². The Morgan fingerprint density at radius 2 is 1.78 bits per heavy atom. The van der Waals surface area contributed by atoms with Crippen LogP contribution in [0.15, 0.2) is 107 Å². The molecule has 0 saturated carbocycles. The number of halogens is 3. The van der Waals surface area contributed by atoms with Crippen LogP contribution in [0.4, 0.5) is 13.2 Å². The summed E-state index contributed by atoms with van der Waals surface area (Å²) in [6.07, 6.45) is -5.09. The van der Waals surface area contributed by atoms with E-state index in [0.29, 0.717) is 46.8 Å². The second-order valence-corrected chi connectivity index (χ2v) is 11.3. The molecule has 0 aliphatic carbocycles. The zero-order chi connectivity index (χ0) is 34.9. The number of nitrogens with zero attached hydrogens (tertiary/aromatic N) is 4. The van der Waals surface area contributed by atoms with Crippen LogP contribution in [0.5, 0.6) is 11.5 Å². The molecule has 0 unspecified atom stereocenters. The van der Waals surface area contributed by atoms with Gasteiger partial charge in [-0.2, -0.15) is 13.2 Å². The molecule has 4 aromatic rings. The van der Waals surface area contributed by atoms with Crippen LogP contribution in [0.25, 0.3) is 10.4 Å². The second-order valence-electron chi connectivity index (χ2n) is 11.3. The highest BCUT2D eigenvalue weighted by Crippen LogP contribution is 2.44. The summed E-state index contributed by atoms with van der Waals surface area (Å²) in [6.45, 7) is 0.141. The van der Waals surface area contributed by atoms with Crippen LogP contribution < -0.4 is 14.8 Å². The number of aliphatic hydroxyl groups is 1. The molecule has 13 heteroatoms. The molecule has 2 atom stereocenters. The van der Waals surface area contributed by atoms with Gasteiger partial charge in [-0.1, -0.05) is 53.6 Å². The molecule has 10 nitrogen and oxygen atoms in total. The van der Waals surface area contributed by atoms with Crippen LogP contribution in [0.1, 0.15) is 45.9 Å². The second kappa shape index (κ2) is 15.6. The number of aliphatic hydroxyl groups excluding tert-OH is 1. The van der Waals surface area contributed by atoms with Gasteiger partial charge in [0.25, 0.3) is 5.91 Å². The minimum atomic E-state index is -4.55. The van der Waals surface area contributed by atoms with E-state index >= 15 is 0 Å². The van der Waals surface area contributed by atoms with E-state index in [2.05, 4.69) is 15.3 Å². The van der Waals surface area contributed by atoms with Gasteiger partial charge < -0.3 is 24.6 Å². The molecule has 0 bridgehead atoms. The average Bonchev–Trinajstić information content (AvgIpc) is 3.51. The Balaban J connectivity index is 1.60. The fourth-order valence-corrected chi connectivity index (χ4v) is 5.56. The Labute approximate surface area is 280 Å². The zero-order valence-electron chi connectivity index (χ0n) is 26.6. The number of azide groups is 1. The quantitative estimate of drug-likeness (QED) is 0.0637. The lowest BCUT2D eigenvalue weighted by Gasteiger charge is -2.31. The number of alkyl halides is 3. The smallest absolute Gasteiger partial charge is 0.416 e. The molecule has 4 aromatic carbocycles. The molecule has 0 fully saturated rings. The first kappa shape index (κ1) is 34.8. The molecule has 1 aliphatic rings. The number of nitrogens with one attached hydrogen (secondary N) is 1. The van der Waals surface area contributed by atoms with Crippen molar-refractivity contribution in [3.8, 4) is 11.5 Å². The summed E-state index contributed by atoms with van der Waals surface area (Å²) in [5.41, 5.74) is 9.23. The maximum absolute atomic E-state index is 14.6. The first-order chi connectivity index (χ1) is 23.7. The van der Waals surface area contributed by atoms with Crippen molar-refractivity contribution in [1.82, 2.24) is 5.32 Å². The van der Waals surface area contributed by atoms with Gasteiger partial charge in [0.2, 0.25) is 5.90 Å². The van der Waals surface area contributed by atoms with Gasteiger partial charge in [-0.25, -0.2) is 4.99 Å². The van der Waals surface area contributed by atoms with Crippen LogP contribution in [-0.4, -0.2) is 42.8 Å². The fourth-order valence-electron chi connectivity index (χ4n) is 5.56. The van der Waals surface area contributed by atoms with Gasteiger partial charge in [-0.15, -0.1) is 0 Å². The molecule has 0 saturated heterocycles. The molecule has 2 N–H and O–H groups in total. The first-order valence-corrected chi connectivity index (χ1v) is 15.4. The molecular weight excluding hydrogens is 639 g/mol. The van der Waals surface area contributed by atoms with Gasteiger partial charge in [-0.3, -0.25) is 4.79 Å². The predicted molar refractivity (Wildman–Crippen MR) is 176 cm³/mol. The number of aliphatic imine (C=N–C) groups is 1. The molecule has 1 aliphatic heterocycles. The molecule has 0 aromatic heterocycles. The van der Waals surface area contributed by atoms with Crippen molar-refractivity contribution in [2.24, 2.45) is 10.1 Å². The maximum atomic E-state index is 14.6. The van der Waals surface area contributed by atoms with Gasteiger partial charge in [0, 0.05) is 36.5 Å². The highest BCUT2D eigenvalue weighted by Gasteiger charge is 2.53. The Morgan fingerprint density at radius 3 is 2.49 bits per heavy atom. The number of benzene rings is 4. The summed E-state index contributed by atoms with van der Waals surface area (Å²) < 4.78 is 58.1. The Morgan fingerprint density at radius 1 is 1.02 bits per heavy atom. The zero-order valence-corrected chi connectivity index (χ0v) is 26.6. The van der Waals surface area contributed by atoms with Crippen LogP contribution in [0.3, 0.4) is 0 Å². The molecule has 1 amide bonds. The number of amides is 1. The minimum absolute atomic E-state index is 0.00170. The van der Waals surface area contributed by atoms with Crippen LogP contribution in [0, 0.1) is 0 Å². The normalized spacial score (nSPS) is 17.0. The van der Waals surface area contributed by atoms with Gasteiger partial charge in [-0.05, 0) is 76.3 Å². The van der Waals surface area contributed by atoms with Gasteiger partial charge in [0.15, 0.2) is 11.6 Å². The molecule has 0 radical (unpaired) electrons. The highest BCUT2D eigenvalue weighted by molar-refractivity contribution is 6.01. The van der Waals surface area contributed by atoms with E-state index in [-0.39, 0.29) is 37.6 Å². The summed E-state index contributed by atoms with van der Waals surface area (Å²) >= 11 is 0. The van der Waals surface area contributed by atoms with Crippen LogP contribution >= 0.6 is 0 Å². The van der Waals surface area contributed by atoms with Crippen molar-refractivity contribution in [2.45, 2.75) is 43.8 Å². The number of rotatable bonds is 14. The van der Waals surface area contributed by atoms with E-state index in [1.807, 2.05) is 0 Å². The highest BCUT2D eigenvalue weighted by atomic mass is 19.4. The Kier molecular flexibility index (Phi) is 11.1. The van der Waals surface area contributed by atoms with Crippen molar-refractivity contribution in [1.29, 1.82) is 0 Å². The molecule has 1 heterocycles. The van der Waals surface area contributed by atoms with Crippen molar-refractivity contribution < 1.29 is 37.3 Å². The van der Waals surface area contributed by atoms with Crippen LogP contribution in [-0.2, 0) is 35.2 Å². The summed E-state index contributed by atoms with van der Waals surface area (Å²) in [5.74, 6) is 0.657. The largest absolute Gasteiger partial charge is 0.497 e. The summed E-state index contributed by atoms with van der Waals surface area (Å²) in [6, 6.07) is 25.9. The van der Waals surface area contributed by atoms with E-state index in [0.717, 1.165) is 12.1 Å². The molecular formula is C36H34F3N5O5. The van der Waals surface area contributed by atoms with E-state index in [1.165, 1.54) is 19.2 Å². The Bertz CT molecular complexity index is 1840. The predicted octanol–water partition coefficient (Wildman–Crippen LogP) is 7.10. The van der Waals surface area contributed by atoms with E-state index in [9.17, 15) is 18.0 Å². The monoisotopic (exact) mass is 673 g/mol. The number of methoxy groups -OCH3 is 1. The van der Waals surface area contributed by atoms with Crippen molar-refractivity contribution in [3.05, 3.63) is 141 Å². The lowest BCUT2D eigenvalue weighted by atomic mass is 9.80. The number of ether oxygens (including phenoxy) is 3. The minimum Gasteiger partial charge on any atom is -0.497 e. The molecule has 254 valence electrons. The molecule has 5 rings (SSSR count). The number of hydrogen-bond acceptors (Lipinski definition) is 7. The average molecular weight is 674 g/mol. The SMILES string of the molecule is COc1cccc([C@H]2OC(c3ccc(OCCCO)cc3)=N[C@@]2(Cc2ccccc2CN=[N+]=[N-])C(=O)NCc2cccc(C(F)(F)F)c2)c1. The van der Waals surface area contributed by atoms with E-state index < -0.39 is 29.3 Å². The lowest BCUT2D eigenvalue weighted by molar-refractivity contribution is -0.137. The number of carbonyl (C=O) groups excluding carboxylic acids is 1. The number of carbonyl (C=O) groups is 1. The summed E-state index contributed by atoms with van der Waals surface area (Å²) in [4.78, 5) is 22.5. The summed E-state index contributed by atoms with van der Waals surface area (Å²) in [7, 11) is 1.52. The van der Waals surface area contributed by atoms with Crippen LogP contribution in [0.2, 0.25) is 0 Å². The van der Waals surface area contributed by atoms with Crippen molar-refractivity contribution in [3.63, 3.8) is 0 Å². The summed E-state index contributed by atoms with van der Waals surface area (Å²) in [5, 5.41) is 15.6. The third-order valence-corrected chi connectivity index (χ3v) is 8.02. The topological polar surface area (TPSA) is 138 Å². The molecule has 0 spiro atoms. The Hall–Kier alpha value is -5.52. The molecule has 49 heavy (non-hydrogen) atoms. The lowest BCUT2D eigenvalue weighted by Crippen LogP contribution is -2.49. The number of hydrogen-bond donors (Lipinski definition) is 2. The van der Waals surface area contributed by atoms with Gasteiger partial charge >= 0.3 is 6.18 Å². The van der Waals surface area contributed by atoms with Gasteiger partial charge in [0.1, 0.15) is 11.5 Å². The van der Waals surface area contributed by atoms with E-state index in [1.54, 1.807) is 72.8 Å². The maximum Gasteiger partial charge on any atom is 0.416 e. The third kappa shape index (κ3) is 8.32. The first-order valence-electron chi connectivity index (χ1n) is 15.4. The van der Waals surface area contributed by atoms with Crippen molar-refractivity contribution in [2.75, 3.05) is 20.3 Å². The fraction of sp³-hybridized carbons (Fsp3) is 0.278. The third-order valence-electron chi connectivity index (χ3n) is 8.02. The van der Waals surface area contributed by atoms with Crippen molar-refractivity contribution >= 4 is 11.8 Å². The van der Waals surface area contributed by atoms with Gasteiger partial charge in [0.05, 0.1) is 25.8 Å². The standard InChI is InChI=1S/C36H34F3N5O5/c1-47-31-12-5-10-26(20-31)32-35(21-27-8-2-3-9-28(27)23-42-44-40,34(46)41-22-24-7-4-11-29(19-24)36(37,38)39)43-33(49-32)25-13-15-30(16-14-25)48-18-6-17-45/h2-5,7-16,19-20,32,45H,6,17-18,21-23H2,1H3,(H,41,46)/t32-,35-/m1/s1.